The van der Waals surface area contributed by atoms with E-state index in [4.69, 9.17) is 5.26 Å². The Morgan fingerprint density at radius 3 is 2.88 bits per heavy atom. The van der Waals surface area contributed by atoms with Crippen LogP contribution in [0.15, 0.2) is 18.5 Å². The molecule has 1 rings (SSSR count). The van der Waals surface area contributed by atoms with Crippen molar-refractivity contribution in [3.63, 3.8) is 0 Å². The van der Waals surface area contributed by atoms with Crippen LogP contribution >= 0.6 is 0 Å². The molecule has 17 heavy (non-hydrogen) atoms. The van der Waals surface area contributed by atoms with E-state index in [1.165, 1.54) is 5.56 Å². The number of unbranched alkanes of at least 4 members (excludes halogenated alkanes) is 2. The molecular formula is C14H23N3. The van der Waals surface area contributed by atoms with Crippen LogP contribution in [0.25, 0.3) is 0 Å². The van der Waals surface area contributed by atoms with E-state index in [-0.39, 0.29) is 0 Å². The minimum Gasteiger partial charge on any atom is -0.354 e. The highest BCUT2D eigenvalue weighted by Gasteiger charge is 2.08. The van der Waals surface area contributed by atoms with Crippen molar-refractivity contribution in [3.8, 4) is 6.07 Å². The van der Waals surface area contributed by atoms with Gasteiger partial charge in [-0.15, -0.1) is 0 Å². The highest BCUT2D eigenvalue weighted by molar-refractivity contribution is 5.15. The quantitative estimate of drug-likeness (QED) is 0.700. The van der Waals surface area contributed by atoms with Crippen molar-refractivity contribution in [2.75, 3.05) is 6.54 Å². The van der Waals surface area contributed by atoms with Crippen molar-refractivity contribution in [1.82, 2.24) is 9.88 Å². The molecule has 0 amide bonds. The van der Waals surface area contributed by atoms with E-state index < -0.39 is 0 Å². The Morgan fingerprint density at radius 2 is 2.24 bits per heavy atom. The first kappa shape index (κ1) is 13.8. The molecule has 0 fully saturated rings. The van der Waals surface area contributed by atoms with Gasteiger partial charge in [0.2, 0.25) is 0 Å². The van der Waals surface area contributed by atoms with E-state index in [0.29, 0.717) is 12.5 Å². The molecule has 0 aliphatic rings. The van der Waals surface area contributed by atoms with Gasteiger partial charge in [-0.05, 0) is 37.4 Å². The maximum Gasteiger partial charge on any atom is 0.0621 e. The molecule has 1 N–H and O–H groups in total. The van der Waals surface area contributed by atoms with E-state index in [2.05, 4.69) is 48.3 Å². The Hall–Kier alpha value is -1.27. The molecule has 0 spiro atoms. The predicted molar refractivity (Wildman–Crippen MR) is 70.6 cm³/mol. The smallest absolute Gasteiger partial charge is 0.0621 e. The minimum atomic E-state index is 0.473. The lowest BCUT2D eigenvalue weighted by molar-refractivity contribution is 0.534. The number of rotatable bonds is 8. The van der Waals surface area contributed by atoms with Gasteiger partial charge in [0, 0.05) is 31.4 Å². The van der Waals surface area contributed by atoms with Crippen molar-refractivity contribution in [3.05, 3.63) is 24.0 Å². The SMILES string of the molecule is CCNC(CC)c1ccn(CCCCC#N)c1. The van der Waals surface area contributed by atoms with Crippen molar-refractivity contribution in [1.29, 1.82) is 5.26 Å². The fraction of sp³-hybridized carbons (Fsp3) is 0.643. The van der Waals surface area contributed by atoms with E-state index in [0.717, 1.165) is 32.4 Å². The Morgan fingerprint density at radius 1 is 1.41 bits per heavy atom. The third-order valence-corrected chi connectivity index (χ3v) is 2.99. The number of hydrogen-bond donors (Lipinski definition) is 1. The molecular weight excluding hydrogens is 210 g/mol. The summed E-state index contributed by atoms with van der Waals surface area (Å²) < 4.78 is 2.23. The van der Waals surface area contributed by atoms with E-state index >= 15 is 0 Å². The molecule has 0 aliphatic heterocycles. The molecule has 0 bridgehead atoms. The standard InChI is InChI=1S/C14H23N3/c1-3-14(16-4-2)13-8-11-17(12-13)10-7-5-6-9-15/h8,11-12,14,16H,3-7,10H2,1-2H3. The van der Waals surface area contributed by atoms with Crippen LogP contribution in [-0.2, 0) is 6.54 Å². The molecule has 1 heterocycles. The number of hydrogen-bond acceptors (Lipinski definition) is 2. The van der Waals surface area contributed by atoms with Crippen LogP contribution < -0.4 is 5.32 Å². The molecule has 1 aromatic rings. The first-order valence-electron chi connectivity index (χ1n) is 6.57. The van der Waals surface area contributed by atoms with Crippen molar-refractivity contribution in [2.45, 2.75) is 52.1 Å². The molecule has 1 aromatic heterocycles. The Kier molecular flexibility index (Phi) is 6.42. The largest absolute Gasteiger partial charge is 0.354 e. The average Bonchev–Trinajstić information content (AvgIpc) is 2.80. The molecule has 1 unspecified atom stereocenters. The van der Waals surface area contributed by atoms with Crippen LogP contribution in [0.4, 0.5) is 0 Å². The normalized spacial score (nSPS) is 12.3. The zero-order chi connectivity index (χ0) is 12.5. The lowest BCUT2D eigenvalue weighted by Gasteiger charge is -2.13. The van der Waals surface area contributed by atoms with Gasteiger partial charge >= 0.3 is 0 Å². The van der Waals surface area contributed by atoms with Gasteiger partial charge in [-0.2, -0.15) is 5.26 Å². The molecule has 0 aromatic carbocycles. The van der Waals surface area contributed by atoms with Gasteiger partial charge in [0.1, 0.15) is 0 Å². The Bertz CT molecular complexity index is 349. The monoisotopic (exact) mass is 233 g/mol. The van der Waals surface area contributed by atoms with Crippen LogP contribution in [0, 0.1) is 11.3 Å². The summed E-state index contributed by atoms with van der Waals surface area (Å²) in [6, 6.07) is 4.85. The number of nitrogens with one attached hydrogen (secondary N) is 1. The highest BCUT2D eigenvalue weighted by Crippen LogP contribution is 2.17. The summed E-state index contributed by atoms with van der Waals surface area (Å²) in [4.78, 5) is 0. The molecule has 0 saturated carbocycles. The second-order valence-electron chi connectivity index (χ2n) is 4.32. The van der Waals surface area contributed by atoms with Gasteiger partial charge in [0.05, 0.1) is 6.07 Å². The van der Waals surface area contributed by atoms with Gasteiger partial charge in [0.15, 0.2) is 0 Å². The molecule has 1 atom stereocenters. The fourth-order valence-corrected chi connectivity index (χ4v) is 2.05. The van der Waals surface area contributed by atoms with Gasteiger partial charge in [0.25, 0.3) is 0 Å². The summed E-state index contributed by atoms with van der Waals surface area (Å²) in [7, 11) is 0. The number of aromatic nitrogens is 1. The summed E-state index contributed by atoms with van der Waals surface area (Å²) in [5.41, 5.74) is 1.37. The van der Waals surface area contributed by atoms with E-state index in [1.807, 2.05) is 0 Å². The Balaban J connectivity index is 2.44. The first-order chi connectivity index (χ1) is 8.31. The van der Waals surface area contributed by atoms with Crippen molar-refractivity contribution >= 4 is 0 Å². The molecule has 94 valence electrons. The van der Waals surface area contributed by atoms with Gasteiger partial charge in [-0.1, -0.05) is 13.8 Å². The number of nitriles is 1. The maximum absolute atomic E-state index is 8.47. The van der Waals surface area contributed by atoms with Gasteiger partial charge < -0.3 is 9.88 Å². The maximum atomic E-state index is 8.47. The molecule has 0 radical (unpaired) electrons. The second kappa shape index (κ2) is 7.92. The van der Waals surface area contributed by atoms with Crippen LogP contribution in [0.1, 0.15) is 51.1 Å². The van der Waals surface area contributed by atoms with Gasteiger partial charge in [-0.3, -0.25) is 0 Å². The first-order valence-corrected chi connectivity index (χ1v) is 6.57. The third-order valence-electron chi connectivity index (χ3n) is 2.99. The average molecular weight is 233 g/mol. The second-order valence-corrected chi connectivity index (χ2v) is 4.32. The minimum absolute atomic E-state index is 0.473. The summed E-state index contributed by atoms with van der Waals surface area (Å²) in [5, 5.41) is 11.9. The van der Waals surface area contributed by atoms with Crippen LogP contribution in [0.3, 0.4) is 0 Å². The van der Waals surface area contributed by atoms with Crippen LogP contribution in [-0.4, -0.2) is 11.1 Å². The lowest BCUT2D eigenvalue weighted by atomic mass is 10.1. The van der Waals surface area contributed by atoms with Crippen LogP contribution in [0.5, 0.6) is 0 Å². The van der Waals surface area contributed by atoms with Gasteiger partial charge in [-0.25, -0.2) is 0 Å². The molecule has 0 aliphatic carbocycles. The lowest BCUT2D eigenvalue weighted by Crippen LogP contribution is -2.19. The molecule has 3 heteroatoms. The topological polar surface area (TPSA) is 40.8 Å². The number of aryl methyl sites for hydroxylation is 1. The Labute approximate surface area is 104 Å². The molecule has 3 nitrogen and oxygen atoms in total. The van der Waals surface area contributed by atoms with Crippen molar-refractivity contribution in [2.24, 2.45) is 0 Å². The van der Waals surface area contributed by atoms with Crippen LogP contribution in [0.2, 0.25) is 0 Å². The van der Waals surface area contributed by atoms with E-state index in [9.17, 15) is 0 Å². The summed E-state index contributed by atoms with van der Waals surface area (Å²) in [6.07, 6.45) is 8.23. The molecule has 0 saturated heterocycles. The fourth-order valence-electron chi connectivity index (χ4n) is 2.05. The summed E-state index contributed by atoms with van der Waals surface area (Å²) >= 11 is 0. The number of nitrogens with zero attached hydrogens (tertiary/aromatic N) is 2. The zero-order valence-electron chi connectivity index (χ0n) is 10.9. The summed E-state index contributed by atoms with van der Waals surface area (Å²) in [5.74, 6) is 0. The third kappa shape index (κ3) is 4.62. The van der Waals surface area contributed by atoms with E-state index in [1.54, 1.807) is 0 Å². The zero-order valence-corrected chi connectivity index (χ0v) is 10.9. The van der Waals surface area contributed by atoms with Crippen molar-refractivity contribution < 1.29 is 0 Å². The predicted octanol–water partition coefficient (Wildman–Crippen LogP) is 3.24. The summed E-state index contributed by atoms with van der Waals surface area (Å²) in [6.45, 7) is 6.37. The highest BCUT2D eigenvalue weighted by atomic mass is 15.0.